The molecule has 3 rings (SSSR count). The van der Waals surface area contributed by atoms with Crippen LogP contribution in [0, 0.1) is 0 Å². The lowest BCUT2D eigenvalue weighted by atomic mass is 10.3. The Labute approximate surface area is 114 Å². The number of thiazole rings is 1. The summed E-state index contributed by atoms with van der Waals surface area (Å²) in [5.41, 5.74) is 1.65. The quantitative estimate of drug-likeness (QED) is 0.737. The van der Waals surface area contributed by atoms with Crippen LogP contribution < -0.4 is 0 Å². The topological polar surface area (TPSA) is 58.6 Å². The molecule has 102 valence electrons. The van der Waals surface area contributed by atoms with E-state index < -0.39 is 17.0 Å². The standard InChI is InChI=1S/C12H6F3N3OS/c13-12(14,15)9(19)11-18-8(5-20-11)10-16-6-3-1-2-4-7(6)17-10/h1-5H,(H,16,17). The number of nitrogens with zero attached hydrogens (tertiary/aromatic N) is 2. The number of alkyl halides is 3. The monoisotopic (exact) mass is 297 g/mol. The van der Waals surface area contributed by atoms with Gasteiger partial charge < -0.3 is 4.98 Å². The van der Waals surface area contributed by atoms with Crippen LogP contribution in [0.3, 0.4) is 0 Å². The van der Waals surface area contributed by atoms with Gasteiger partial charge in [0, 0.05) is 5.38 Å². The molecule has 0 radical (unpaired) electrons. The predicted molar refractivity (Wildman–Crippen MR) is 67.6 cm³/mol. The fourth-order valence-corrected chi connectivity index (χ4v) is 2.44. The molecule has 0 saturated heterocycles. The van der Waals surface area contributed by atoms with Crippen molar-refractivity contribution in [3.8, 4) is 11.5 Å². The highest BCUT2D eigenvalue weighted by molar-refractivity contribution is 7.12. The molecule has 2 heterocycles. The molecule has 0 aliphatic rings. The fraction of sp³-hybridized carbons (Fsp3) is 0.0833. The smallest absolute Gasteiger partial charge is 0.337 e. The number of halogens is 3. The highest BCUT2D eigenvalue weighted by atomic mass is 32.1. The van der Waals surface area contributed by atoms with Crippen molar-refractivity contribution in [1.82, 2.24) is 15.0 Å². The Balaban J connectivity index is 1.99. The molecule has 2 aromatic heterocycles. The number of hydrogen-bond acceptors (Lipinski definition) is 4. The molecular weight excluding hydrogens is 291 g/mol. The zero-order valence-corrected chi connectivity index (χ0v) is 10.5. The molecule has 0 atom stereocenters. The van der Waals surface area contributed by atoms with Gasteiger partial charge in [-0.05, 0) is 12.1 Å². The summed E-state index contributed by atoms with van der Waals surface area (Å²) in [6, 6.07) is 7.17. The molecule has 0 fully saturated rings. The number of hydrogen-bond donors (Lipinski definition) is 1. The lowest BCUT2D eigenvalue weighted by Gasteiger charge is -2.00. The first kappa shape index (κ1) is 12.8. The van der Waals surface area contributed by atoms with E-state index in [9.17, 15) is 18.0 Å². The minimum Gasteiger partial charge on any atom is -0.337 e. The van der Waals surface area contributed by atoms with Crippen LogP contribution in [-0.4, -0.2) is 26.9 Å². The number of aromatic amines is 1. The number of rotatable bonds is 2. The molecule has 0 amide bonds. The van der Waals surface area contributed by atoms with Gasteiger partial charge in [-0.1, -0.05) is 12.1 Å². The number of Topliss-reactive ketones (excluding diaryl/α,β-unsaturated/α-hetero) is 1. The van der Waals surface area contributed by atoms with Crippen molar-refractivity contribution in [2.24, 2.45) is 0 Å². The second-order valence-electron chi connectivity index (χ2n) is 3.97. The number of carbonyl (C=O) groups excluding carboxylic acids is 1. The molecule has 3 aromatic rings. The van der Waals surface area contributed by atoms with Gasteiger partial charge in [-0.25, -0.2) is 9.97 Å². The predicted octanol–water partition coefficient (Wildman–Crippen LogP) is 3.43. The molecule has 20 heavy (non-hydrogen) atoms. The van der Waals surface area contributed by atoms with Gasteiger partial charge in [-0.3, -0.25) is 4.79 Å². The van der Waals surface area contributed by atoms with Crippen LogP contribution in [-0.2, 0) is 0 Å². The molecule has 1 N–H and O–H groups in total. The Morgan fingerprint density at radius 1 is 1.20 bits per heavy atom. The highest BCUT2D eigenvalue weighted by Gasteiger charge is 2.41. The molecular formula is C12H6F3N3OS. The maximum atomic E-state index is 12.3. The summed E-state index contributed by atoms with van der Waals surface area (Å²) in [7, 11) is 0. The van der Waals surface area contributed by atoms with Gasteiger partial charge in [0.1, 0.15) is 5.69 Å². The summed E-state index contributed by atoms with van der Waals surface area (Å²) < 4.78 is 36.9. The molecule has 1 aromatic carbocycles. The Bertz CT molecular complexity index is 757. The fourth-order valence-electron chi connectivity index (χ4n) is 1.68. The Hall–Kier alpha value is -2.22. The van der Waals surface area contributed by atoms with Crippen LogP contribution in [0.5, 0.6) is 0 Å². The van der Waals surface area contributed by atoms with Gasteiger partial charge in [0.2, 0.25) is 0 Å². The van der Waals surface area contributed by atoms with E-state index in [4.69, 9.17) is 0 Å². The largest absolute Gasteiger partial charge is 0.457 e. The summed E-state index contributed by atoms with van der Waals surface area (Å²) in [6.07, 6.45) is -4.91. The van der Waals surface area contributed by atoms with E-state index in [0.29, 0.717) is 22.7 Å². The average molecular weight is 297 g/mol. The number of carbonyl (C=O) groups is 1. The summed E-state index contributed by atoms with van der Waals surface area (Å²) in [6.45, 7) is 0. The third-order valence-electron chi connectivity index (χ3n) is 2.59. The number of imidazole rings is 1. The Morgan fingerprint density at radius 2 is 1.95 bits per heavy atom. The minimum absolute atomic E-state index is 0.221. The summed E-state index contributed by atoms with van der Waals surface area (Å²) in [5.74, 6) is -1.60. The second kappa shape index (κ2) is 4.41. The van der Waals surface area contributed by atoms with Crippen molar-refractivity contribution in [2.75, 3.05) is 0 Å². The third-order valence-corrected chi connectivity index (χ3v) is 3.43. The summed E-state index contributed by atoms with van der Waals surface area (Å²) >= 11 is 0.649. The minimum atomic E-state index is -4.91. The zero-order valence-electron chi connectivity index (χ0n) is 9.73. The number of ketones is 1. The first-order valence-electron chi connectivity index (χ1n) is 5.47. The van der Waals surface area contributed by atoms with E-state index in [2.05, 4.69) is 15.0 Å². The van der Waals surface area contributed by atoms with Crippen molar-refractivity contribution in [3.05, 3.63) is 34.7 Å². The average Bonchev–Trinajstić information content (AvgIpc) is 3.03. The number of H-pyrrole nitrogens is 1. The zero-order chi connectivity index (χ0) is 14.3. The van der Waals surface area contributed by atoms with Gasteiger partial charge in [0.25, 0.3) is 5.78 Å². The van der Waals surface area contributed by atoms with Crippen LogP contribution >= 0.6 is 11.3 Å². The van der Waals surface area contributed by atoms with Crippen molar-refractivity contribution in [2.45, 2.75) is 6.18 Å². The Morgan fingerprint density at radius 3 is 2.65 bits per heavy atom. The first-order chi connectivity index (χ1) is 9.45. The first-order valence-corrected chi connectivity index (χ1v) is 6.35. The van der Waals surface area contributed by atoms with Crippen LogP contribution in [0.4, 0.5) is 13.2 Å². The molecule has 8 heteroatoms. The molecule has 0 saturated carbocycles. The maximum absolute atomic E-state index is 12.3. The van der Waals surface area contributed by atoms with Gasteiger partial charge in [0.05, 0.1) is 11.0 Å². The van der Waals surface area contributed by atoms with Crippen molar-refractivity contribution >= 4 is 28.2 Å². The van der Waals surface area contributed by atoms with Gasteiger partial charge in [0.15, 0.2) is 10.8 Å². The van der Waals surface area contributed by atoms with E-state index in [1.54, 1.807) is 18.2 Å². The van der Waals surface area contributed by atoms with Crippen LogP contribution in [0.2, 0.25) is 0 Å². The van der Waals surface area contributed by atoms with Crippen molar-refractivity contribution in [1.29, 1.82) is 0 Å². The lowest BCUT2D eigenvalue weighted by molar-refractivity contribution is -0.0885. The lowest BCUT2D eigenvalue weighted by Crippen LogP contribution is -2.22. The molecule has 4 nitrogen and oxygen atoms in total. The molecule has 0 bridgehead atoms. The van der Waals surface area contributed by atoms with E-state index >= 15 is 0 Å². The van der Waals surface area contributed by atoms with Crippen LogP contribution in [0.25, 0.3) is 22.6 Å². The van der Waals surface area contributed by atoms with E-state index in [1.807, 2.05) is 6.07 Å². The molecule has 0 unspecified atom stereocenters. The SMILES string of the molecule is O=C(c1nc(-c2nc3ccccc3[nH]2)cs1)C(F)(F)F. The van der Waals surface area contributed by atoms with Crippen LogP contribution in [0.15, 0.2) is 29.6 Å². The summed E-state index contributed by atoms with van der Waals surface area (Å²) in [4.78, 5) is 21.9. The maximum Gasteiger partial charge on any atom is 0.457 e. The molecule has 0 spiro atoms. The second-order valence-corrected chi connectivity index (χ2v) is 4.83. The summed E-state index contributed by atoms with van der Waals surface area (Å²) in [5, 5.41) is 0.782. The third kappa shape index (κ3) is 2.18. The van der Waals surface area contributed by atoms with Gasteiger partial charge >= 0.3 is 6.18 Å². The van der Waals surface area contributed by atoms with Gasteiger partial charge in [-0.2, -0.15) is 13.2 Å². The van der Waals surface area contributed by atoms with E-state index in [1.165, 1.54) is 5.38 Å². The number of benzene rings is 1. The highest BCUT2D eigenvalue weighted by Crippen LogP contribution is 2.27. The van der Waals surface area contributed by atoms with Crippen molar-refractivity contribution in [3.63, 3.8) is 0 Å². The Kier molecular flexibility index (Phi) is 2.82. The van der Waals surface area contributed by atoms with E-state index in [-0.39, 0.29) is 5.69 Å². The number of fused-ring (bicyclic) bond motifs is 1. The molecule has 0 aliphatic carbocycles. The number of para-hydroxylation sites is 2. The normalized spacial score (nSPS) is 11.9. The van der Waals surface area contributed by atoms with Crippen LogP contribution in [0.1, 0.15) is 9.80 Å². The van der Waals surface area contributed by atoms with E-state index in [0.717, 1.165) is 5.52 Å². The van der Waals surface area contributed by atoms with Crippen molar-refractivity contribution < 1.29 is 18.0 Å². The molecule has 0 aliphatic heterocycles. The number of aromatic nitrogens is 3. The van der Waals surface area contributed by atoms with Gasteiger partial charge in [-0.15, -0.1) is 11.3 Å². The number of nitrogens with one attached hydrogen (secondary N) is 1.